The summed E-state index contributed by atoms with van der Waals surface area (Å²) in [5, 5.41) is 2.75. The minimum atomic E-state index is -3.78. The van der Waals surface area contributed by atoms with Gasteiger partial charge in [0.2, 0.25) is 21.8 Å². The Morgan fingerprint density at radius 1 is 1.07 bits per heavy atom. The van der Waals surface area contributed by atoms with Crippen LogP contribution in [-0.4, -0.2) is 43.7 Å². The Morgan fingerprint density at radius 2 is 1.78 bits per heavy atom. The number of rotatable bonds is 3. The number of hydrogen-bond donors (Lipinski definition) is 1. The van der Waals surface area contributed by atoms with Crippen molar-refractivity contribution in [2.24, 2.45) is 0 Å². The third-order valence-corrected chi connectivity index (χ3v) is 6.81. The van der Waals surface area contributed by atoms with E-state index in [1.807, 2.05) is 6.07 Å². The fourth-order valence-corrected chi connectivity index (χ4v) is 5.47. The van der Waals surface area contributed by atoms with E-state index in [0.29, 0.717) is 25.1 Å². The van der Waals surface area contributed by atoms with Crippen molar-refractivity contribution in [1.82, 2.24) is 4.31 Å². The molecular formula is C19H19N3O4S. The first-order chi connectivity index (χ1) is 13.0. The van der Waals surface area contributed by atoms with Crippen LogP contribution in [0.5, 0.6) is 0 Å². The van der Waals surface area contributed by atoms with Gasteiger partial charge in [-0.05, 0) is 37.1 Å². The lowest BCUT2D eigenvalue weighted by atomic mass is 10.1. The Hall–Kier alpha value is -2.71. The topological polar surface area (TPSA) is 86.8 Å². The van der Waals surface area contributed by atoms with Gasteiger partial charge in [-0.15, -0.1) is 0 Å². The van der Waals surface area contributed by atoms with Crippen LogP contribution >= 0.6 is 0 Å². The van der Waals surface area contributed by atoms with Crippen molar-refractivity contribution in [3.05, 3.63) is 54.6 Å². The molecule has 0 radical (unpaired) electrons. The maximum atomic E-state index is 13.1. The third-order valence-electron chi connectivity index (χ3n) is 4.86. The van der Waals surface area contributed by atoms with E-state index >= 15 is 0 Å². The average Bonchev–Trinajstić information content (AvgIpc) is 3.15. The van der Waals surface area contributed by atoms with Gasteiger partial charge in [-0.3, -0.25) is 9.59 Å². The highest BCUT2D eigenvalue weighted by molar-refractivity contribution is 7.89. The molecule has 8 heteroatoms. The zero-order valence-electron chi connectivity index (χ0n) is 14.5. The summed E-state index contributed by atoms with van der Waals surface area (Å²) in [6.07, 6.45) is 1.09. The average molecular weight is 385 g/mol. The van der Waals surface area contributed by atoms with Crippen molar-refractivity contribution in [3.63, 3.8) is 0 Å². The van der Waals surface area contributed by atoms with Crippen LogP contribution in [0.1, 0.15) is 12.8 Å². The van der Waals surface area contributed by atoms with Crippen LogP contribution in [0.2, 0.25) is 0 Å². The van der Waals surface area contributed by atoms with E-state index < -0.39 is 16.1 Å². The van der Waals surface area contributed by atoms with Gasteiger partial charge in [-0.1, -0.05) is 30.3 Å². The van der Waals surface area contributed by atoms with Crippen molar-refractivity contribution >= 4 is 33.2 Å². The Bertz CT molecular complexity index is 991. The summed E-state index contributed by atoms with van der Waals surface area (Å²) in [4.78, 5) is 27.0. The standard InChI is InChI=1S/C19H19N3O4S/c23-18(20-14-7-2-1-3-8-14)13-21-15-9-4-5-11-17(15)27(25,26)22-12-6-10-16(22)19(21)24/h1-5,7-9,11,16H,6,10,12-13H2,(H,20,23)/t16-/m0/s1. The molecule has 2 aromatic rings. The molecule has 2 aromatic carbocycles. The monoisotopic (exact) mass is 385 g/mol. The molecule has 4 rings (SSSR count). The van der Waals surface area contributed by atoms with Gasteiger partial charge in [-0.25, -0.2) is 8.42 Å². The van der Waals surface area contributed by atoms with Crippen LogP contribution in [0.15, 0.2) is 59.5 Å². The van der Waals surface area contributed by atoms with Crippen molar-refractivity contribution in [2.75, 3.05) is 23.3 Å². The van der Waals surface area contributed by atoms with Gasteiger partial charge < -0.3 is 10.2 Å². The molecule has 0 aromatic heterocycles. The summed E-state index contributed by atoms with van der Waals surface area (Å²) in [5.74, 6) is -0.738. The lowest BCUT2D eigenvalue weighted by Crippen LogP contribution is -2.47. The fraction of sp³-hybridized carbons (Fsp3) is 0.263. The maximum absolute atomic E-state index is 13.1. The zero-order valence-corrected chi connectivity index (χ0v) is 15.4. The highest BCUT2D eigenvalue weighted by Crippen LogP contribution is 2.37. The molecule has 27 heavy (non-hydrogen) atoms. The number of anilines is 2. The van der Waals surface area contributed by atoms with Gasteiger partial charge in [0.25, 0.3) is 0 Å². The first-order valence-corrected chi connectivity index (χ1v) is 10.2. The van der Waals surface area contributed by atoms with Crippen molar-refractivity contribution in [1.29, 1.82) is 0 Å². The molecule has 2 heterocycles. The van der Waals surface area contributed by atoms with Gasteiger partial charge >= 0.3 is 0 Å². The van der Waals surface area contributed by atoms with Gasteiger partial charge in [0.1, 0.15) is 17.5 Å². The van der Waals surface area contributed by atoms with Gasteiger partial charge in [0.05, 0.1) is 5.69 Å². The summed E-state index contributed by atoms with van der Waals surface area (Å²) in [6.45, 7) is 0.0712. The number of para-hydroxylation sites is 2. The molecule has 0 bridgehead atoms. The number of amides is 2. The minimum absolute atomic E-state index is 0.0651. The Balaban J connectivity index is 1.70. The Labute approximate surface area is 157 Å². The smallest absolute Gasteiger partial charge is 0.245 e. The Morgan fingerprint density at radius 3 is 2.56 bits per heavy atom. The van der Waals surface area contributed by atoms with Crippen LogP contribution in [0.3, 0.4) is 0 Å². The largest absolute Gasteiger partial charge is 0.325 e. The summed E-state index contributed by atoms with van der Waals surface area (Å²) in [5.41, 5.74) is 0.869. The summed E-state index contributed by atoms with van der Waals surface area (Å²) in [6, 6.07) is 14.5. The van der Waals surface area contributed by atoms with Gasteiger partial charge in [-0.2, -0.15) is 4.31 Å². The highest BCUT2D eigenvalue weighted by atomic mass is 32.2. The van der Waals surface area contributed by atoms with Crippen molar-refractivity contribution in [2.45, 2.75) is 23.8 Å². The van der Waals surface area contributed by atoms with E-state index in [2.05, 4.69) is 5.32 Å². The Kier molecular flexibility index (Phi) is 4.45. The van der Waals surface area contributed by atoms with Crippen LogP contribution in [-0.2, 0) is 19.6 Å². The summed E-state index contributed by atoms with van der Waals surface area (Å²) in [7, 11) is -3.78. The molecule has 0 spiro atoms. The number of carbonyl (C=O) groups excluding carboxylic acids is 2. The fourth-order valence-electron chi connectivity index (χ4n) is 3.63. The number of benzene rings is 2. The lowest BCUT2D eigenvalue weighted by Gasteiger charge is -2.24. The summed E-state index contributed by atoms with van der Waals surface area (Å²) >= 11 is 0. The molecule has 1 fully saturated rings. The normalized spacial score (nSPS) is 21.3. The molecule has 140 valence electrons. The maximum Gasteiger partial charge on any atom is 0.245 e. The molecule has 2 aliphatic heterocycles. The number of hydrogen-bond acceptors (Lipinski definition) is 4. The van der Waals surface area contributed by atoms with Crippen molar-refractivity contribution in [3.8, 4) is 0 Å². The van der Waals surface area contributed by atoms with E-state index in [1.54, 1.807) is 42.5 Å². The van der Waals surface area contributed by atoms with E-state index in [-0.39, 0.29) is 28.9 Å². The van der Waals surface area contributed by atoms with Gasteiger partial charge in [0.15, 0.2) is 0 Å². The van der Waals surface area contributed by atoms with E-state index in [1.165, 1.54) is 15.3 Å². The minimum Gasteiger partial charge on any atom is -0.325 e. The second kappa shape index (κ2) is 6.79. The number of fused-ring (bicyclic) bond motifs is 2. The first-order valence-electron chi connectivity index (χ1n) is 8.75. The molecule has 2 amide bonds. The molecule has 0 saturated carbocycles. The molecule has 0 unspecified atom stereocenters. The van der Waals surface area contributed by atoms with Crippen molar-refractivity contribution < 1.29 is 18.0 Å². The van der Waals surface area contributed by atoms with E-state index in [4.69, 9.17) is 0 Å². The second-order valence-electron chi connectivity index (χ2n) is 6.58. The first kappa shape index (κ1) is 17.7. The number of carbonyl (C=O) groups is 2. The predicted molar refractivity (Wildman–Crippen MR) is 101 cm³/mol. The van der Waals surface area contributed by atoms with Crippen LogP contribution in [0, 0.1) is 0 Å². The third kappa shape index (κ3) is 3.11. The molecular weight excluding hydrogens is 366 g/mol. The van der Waals surface area contributed by atoms with E-state index in [0.717, 1.165) is 0 Å². The van der Waals surface area contributed by atoms with Gasteiger partial charge in [0, 0.05) is 12.2 Å². The number of nitrogens with one attached hydrogen (secondary N) is 1. The molecule has 7 nitrogen and oxygen atoms in total. The molecule has 0 aliphatic carbocycles. The van der Waals surface area contributed by atoms with Crippen LogP contribution in [0.25, 0.3) is 0 Å². The number of nitrogens with zero attached hydrogens (tertiary/aromatic N) is 2. The van der Waals surface area contributed by atoms with Crippen LogP contribution in [0.4, 0.5) is 11.4 Å². The SMILES string of the molecule is O=C(CN1C(=O)[C@@H]2CCCN2S(=O)(=O)c2ccccc21)Nc1ccccc1. The molecule has 2 aliphatic rings. The second-order valence-corrected chi connectivity index (χ2v) is 8.44. The molecule has 1 atom stereocenters. The molecule has 1 N–H and O–H groups in total. The van der Waals surface area contributed by atoms with E-state index in [9.17, 15) is 18.0 Å². The predicted octanol–water partition coefficient (Wildman–Crippen LogP) is 1.82. The lowest BCUT2D eigenvalue weighted by molar-refractivity contribution is -0.123. The van der Waals surface area contributed by atoms with Crippen LogP contribution < -0.4 is 10.2 Å². The summed E-state index contributed by atoms with van der Waals surface area (Å²) < 4.78 is 27.3. The number of sulfonamides is 1. The molecule has 1 saturated heterocycles. The quantitative estimate of drug-likeness (QED) is 0.873. The highest BCUT2D eigenvalue weighted by Gasteiger charge is 2.46. The zero-order chi connectivity index (χ0) is 19.0.